The zero-order valence-electron chi connectivity index (χ0n) is 16.4. The van der Waals surface area contributed by atoms with Crippen LogP contribution in [0.15, 0.2) is 32.0 Å². The Bertz CT molecular complexity index is 1200. The molecule has 0 bridgehead atoms. The quantitative estimate of drug-likeness (QED) is 0.409. The van der Waals surface area contributed by atoms with Gasteiger partial charge in [0.25, 0.3) is 17.4 Å². The Hall–Kier alpha value is -2.78. The van der Waals surface area contributed by atoms with Gasteiger partial charge in [-0.2, -0.15) is 0 Å². The molecular weight excluding hydrogens is 460 g/mol. The molecule has 10 nitrogen and oxygen atoms in total. The van der Waals surface area contributed by atoms with Crippen LogP contribution < -0.4 is 11.2 Å². The molecule has 1 aromatic heterocycles. The number of carbonyl (C=O) groups excluding carboxylic acids is 2. The third kappa shape index (κ3) is 3.70. The number of amides is 2. The number of nitrogens with zero attached hydrogens (tertiary/aromatic N) is 5. The van der Waals surface area contributed by atoms with Crippen molar-refractivity contribution in [3.05, 3.63) is 49.1 Å². The Morgan fingerprint density at radius 3 is 2.20 bits per heavy atom. The number of fused-ring (bicyclic) bond motifs is 1. The van der Waals surface area contributed by atoms with Crippen LogP contribution in [-0.2, 0) is 30.6 Å². The minimum atomic E-state index is -0.873. The number of hydrogen-bond donors (Lipinski definition) is 1. The van der Waals surface area contributed by atoms with Crippen molar-refractivity contribution in [3.63, 3.8) is 0 Å². The van der Waals surface area contributed by atoms with E-state index in [1.165, 1.54) is 26.2 Å². The van der Waals surface area contributed by atoms with Crippen LogP contribution in [0.5, 0.6) is 5.88 Å². The van der Waals surface area contributed by atoms with Crippen molar-refractivity contribution in [2.75, 3.05) is 6.54 Å². The van der Waals surface area contributed by atoms with Crippen LogP contribution in [0.1, 0.15) is 34.6 Å². The van der Waals surface area contributed by atoms with E-state index in [9.17, 15) is 24.3 Å². The summed E-state index contributed by atoms with van der Waals surface area (Å²) in [4.78, 5) is 50.6. The largest absolute Gasteiger partial charge is 2.00 e. The molecule has 0 atom stereocenters. The molecule has 3 rings (SSSR count). The van der Waals surface area contributed by atoms with Gasteiger partial charge in [0.05, 0.1) is 16.1 Å². The second kappa shape index (κ2) is 8.53. The van der Waals surface area contributed by atoms with Crippen molar-refractivity contribution in [2.45, 2.75) is 13.8 Å². The fourth-order valence-electron chi connectivity index (χ4n) is 2.97. The van der Waals surface area contributed by atoms with Crippen molar-refractivity contribution in [1.82, 2.24) is 14.0 Å². The van der Waals surface area contributed by atoms with Crippen LogP contribution in [0.3, 0.4) is 0 Å². The third-order valence-electron chi connectivity index (χ3n) is 4.47. The number of carbonyl (C=O) groups is 2. The molecule has 0 radical (unpaired) electrons. The van der Waals surface area contributed by atoms with Crippen molar-refractivity contribution in [2.24, 2.45) is 30.2 Å². The normalized spacial score (nSPS) is 13.3. The van der Waals surface area contributed by atoms with Gasteiger partial charge >= 0.3 is 22.2 Å². The summed E-state index contributed by atoms with van der Waals surface area (Å²) < 4.78 is 1.58. The minimum absolute atomic E-state index is 0. The van der Waals surface area contributed by atoms with Gasteiger partial charge in [0.15, 0.2) is 0 Å². The molecule has 2 heterocycles. The predicted molar refractivity (Wildman–Crippen MR) is 104 cm³/mol. The van der Waals surface area contributed by atoms with Gasteiger partial charge in [-0.3, -0.25) is 28.4 Å². The summed E-state index contributed by atoms with van der Waals surface area (Å²) in [5, 5.41) is 17.8. The van der Waals surface area contributed by atoms with E-state index in [0.29, 0.717) is 0 Å². The first-order valence-corrected chi connectivity index (χ1v) is 9.03. The molecule has 2 amide bonds. The van der Waals surface area contributed by atoms with Gasteiger partial charge in [-0.15, -0.1) is 10.2 Å². The van der Waals surface area contributed by atoms with Crippen LogP contribution >= 0.6 is 11.6 Å². The molecular formula is C18H18ClN5NiO5+2. The molecule has 1 N–H and O–H groups in total. The van der Waals surface area contributed by atoms with E-state index in [0.717, 1.165) is 14.0 Å². The number of azo groups is 1. The maximum absolute atomic E-state index is 12.8. The molecule has 0 saturated carbocycles. The van der Waals surface area contributed by atoms with Gasteiger partial charge in [0.2, 0.25) is 11.6 Å². The maximum atomic E-state index is 12.8. The second-order valence-electron chi connectivity index (χ2n) is 7.01. The Kier molecular flexibility index (Phi) is 6.68. The number of imide groups is 1. The molecule has 0 saturated heterocycles. The van der Waals surface area contributed by atoms with Crippen LogP contribution in [0.2, 0.25) is 5.02 Å². The van der Waals surface area contributed by atoms with E-state index in [-0.39, 0.29) is 50.8 Å². The van der Waals surface area contributed by atoms with Crippen LogP contribution in [0.4, 0.5) is 11.4 Å². The first-order valence-electron chi connectivity index (χ1n) is 8.65. The van der Waals surface area contributed by atoms with Gasteiger partial charge in [0.1, 0.15) is 5.69 Å². The summed E-state index contributed by atoms with van der Waals surface area (Å²) in [6, 6.07) is 2.83. The summed E-state index contributed by atoms with van der Waals surface area (Å²) in [5.74, 6) is -1.65. The fraction of sp³-hybridized carbons (Fsp3) is 0.333. The summed E-state index contributed by atoms with van der Waals surface area (Å²) in [6.07, 6.45) is 0. The molecule has 0 aliphatic carbocycles. The molecule has 30 heavy (non-hydrogen) atoms. The van der Waals surface area contributed by atoms with Gasteiger partial charge < -0.3 is 5.11 Å². The molecule has 2 aromatic rings. The van der Waals surface area contributed by atoms with Crippen LogP contribution in [-0.4, -0.2) is 37.5 Å². The number of aromatic nitrogens is 2. The molecule has 12 heteroatoms. The first-order chi connectivity index (χ1) is 13.6. The summed E-state index contributed by atoms with van der Waals surface area (Å²) in [6.45, 7) is 3.97. The van der Waals surface area contributed by atoms with Crippen LogP contribution in [0.25, 0.3) is 0 Å². The average Bonchev–Trinajstić information content (AvgIpc) is 2.90. The number of rotatable bonds is 4. The van der Waals surface area contributed by atoms with E-state index in [1.807, 2.05) is 13.8 Å². The van der Waals surface area contributed by atoms with Gasteiger partial charge in [-0.05, 0) is 18.1 Å². The Morgan fingerprint density at radius 2 is 1.60 bits per heavy atom. The molecule has 160 valence electrons. The summed E-state index contributed by atoms with van der Waals surface area (Å²) in [7, 11) is 2.48. The van der Waals surface area contributed by atoms with Crippen molar-refractivity contribution < 1.29 is 31.2 Å². The van der Waals surface area contributed by atoms with Gasteiger partial charge in [0, 0.05) is 20.6 Å². The molecule has 0 spiro atoms. The average molecular weight is 479 g/mol. The van der Waals surface area contributed by atoms with Gasteiger partial charge in [-0.25, -0.2) is 4.79 Å². The Morgan fingerprint density at radius 1 is 1.00 bits per heavy atom. The molecule has 0 unspecified atom stereocenters. The summed E-state index contributed by atoms with van der Waals surface area (Å²) in [5.41, 5.74) is -2.10. The van der Waals surface area contributed by atoms with Gasteiger partial charge in [-0.1, -0.05) is 25.4 Å². The SMILES string of the molecule is CC(C)CN1C(=O)c2ccc(Cl)c(N=Nc3c(O)n(C)c(=O)n(C)c3=O)c2C1=O.[Ni+2]. The number of hydrogen-bond acceptors (Lipinski definition) is 7. The predicted octanol–water partition coefficient (Wildman–Crippen LogP) is 2.11. The van der Waals surface area contributed by atoms with E-state index in [4.69, 9.17) is 11.6 Å². The zero-order chi connectivity index (χ0) is 21.6. The topological polar surface area (TPSA) is 126 Å². The van der Waals surface area contributed by atoms with Crippen molar-refractivity contribution in [1.29, 1.82) is 0 Å². The molecule has 1 aliphatic rings. The second-order valence-corrected chi connectivity index (χ2v) is 7.42. The molecule has 0 fully saturated rings. The van der Waals surface area contributed by atoms with Crippen molar-refractivity contribution >= 4 is 34.8 Å². The number of halogens is 1. The van der Waals surface area contributed by atoms with E-state index >= 15 is 0 Å². The zero-order valence-corrected chi connectivity index (χ0v) is 18.2. The Balaban J connectivity index is 0.00000320. The first kappa shape index (κ1) is 23.5. The molecule has 1 aliphatic heterocycles. The standard InChI is InChI=1S/C18H18ClN5O5.Ni/c1-8(2)7-24-14(25)9-5-6-10(19)12(11(9)15(24)26)20-21-13-16(27)22(3)18(29)23(4)17(13)28;/h5-6,8,27H,7H2,1-4H3;/q;+2. The summed E-state index contributed by atoms with van der Waals surface area (Å²) >= 11 is 6.17. The fourth-order valence-corrected chi connectivity index (χ4v) is 3.16. The maximum Gasteiger partial charge on any atom is 2.00 e. The van der Waals surface area contributed by atoms with E-state index < -0.39 is 34.6 Å². The minimum Gasteiger partial charge on any atom is -0.493 e. The third-order valence-corrected chi connectivity index (χ3v) is 4.78. The monoisotopic (exact) mass is 477 g/mol. The molecule has 1 aromatic carbocycles. The smallest absolute Gasteiger partial charge is 0.493 e. The van der Waals surface area contributed by atoms with E-state index in [1.54, 1.807) is 0 Å². The number of benzene rings is 1. The van der Waals surface area contributed by atoms with E-state index in [2.05, 4.69) is 10.2 Å². The number of aromatic hydroxyl groups is 1. The van der Waals surface area contributed by atoms with Crippen LogP contribution in [0, 0.1) is 5.92 Å². The van der Waals surface area contributed by atoms with Crippen molar-refractivity contribution in [3.8, 4) is 5.88 Å². The Labute approximate surface area is 185 Å².